The predicted octanol–water partition coefficient (Wildman–Crippen LogP) is 4.51. The van der Waals surface area contributed by atoms with E-state index in [-0.39, 0.29) is 11.6 Å². The summed E-state index contributed by atoms with van der Waals surface area (Å²) in [6.07, 6.45) is 3.37. The Kier molecular flexibility index (Phi) is 8.92. The van der Waals surface area contributed by atoms with E-state index >= 15 is 0 Å². The first-order valence-electron chi connectivity index (χ1n) is 13.7. The zero-order valence-electron chi connectivity index (χ0n) is 24.7. The van der Waals surface area contributed by atoms with E-state index in [0.29, 0.717) is 24.4 Å². The molecule has 0 bridgehead atoms. The number of nitrogens with two attached hydrogens (primary N) is 1. The number of hydrogen-bond donors (Lipinski definition) is 4. The number of alkyl carbamates (subject to hydrolysis) is 1. The number of benzene rings is 1. The molecule has 10 nitrogen and oxygen atoms in total. The van der Waals surface area contributed by atoms with Crippen molar-refractivity contribution in [2.75, 3.05) is 0 Å². The van der Waals surface area contributed by atoms with Crippen molar-refractivity contribution >= 4 is 17.9 Å². The van der Waals surface area contributed by atoms with Crippen LogP contribution in [0.15, 0.2) is 18.2 Å². The molecular formula is C29H46N4O6. The van der Waals surface area contributed by atoms with Crippen molar-refractivity contribution in [3.05, 3.63) is 29.3 Å². The van der Waals surface area contributed by atoms with Gasteiger partial charge in [-0.25, -0.2) is 15.5 Å². The van der Waals surface area contributed by atoms with Gasteiger partial charge in [-0.05, 0) is 118 Å². The molecule has 1 aromatic carbocycles. The number of nitrogens with one attached hydrogen (secondary N) is 3. The lowest BCUT2D eigenvalue weighted by Gasteiger charge is -2.39. The number of amides is 1. The quantitative estimate of drug-likeness (QED) is 0.176. The fraction of sp³-hybridized carbons (Fsp3) is 0.690. The molecule has 218 valence electrons. The van der Waals surface area contributed by atoms with Crippen LogP contribution in [0.25, 0.3) is 0 Å². The van der Waals surface area contributed by atoms with Gasteiger partial charge in [0.05, 0.1) is 0 Å². The first-order valence-corrected chi connectivity index (χ1v) is 13.7. The number of aryl methyl sites for hydroxylation is 1. The Morgan fingerprint density at radius 2 is 1.64 bits per heavy atom. The number of rotatable bonds is 6. The Hall–Kier alpha value is -2.85. The molecule has 39 heavy (non-hydrogen) atoms. The average Bonchev–Trinajstić information content (AvgIpc) is 2.81. The summed E-state index contributed by atoms with van der Waals surface area (Å²) in [7, 11) is 0. The van der Waals surface area contributed by atoms with Crippen LogP contribution in [0.5, 0.6) is 5.75 Å². The second kappa shape index (κ2) is 11.3. The summed E-state index contributed by atoms with van der Waals surface area (Å²) in [6.45, 7) is 14.5. The molecule has 0 unspecified atom stereocenters. The maximum atomic E-state index is 12.8. The van der Waals surface area contributed by atoms with Crippen LogP contribution in [-0.2, 0) is 25.5 Å². The molecular weight excluding hydrogens is 500 g/mol. The van der Waals surface area contributed by atoms with E-state index in [1.807, 2.05) is 45.9 Å². The van der Waals surface area contributed by atoms with Crippen LogP contribution >= 0.6 is 0 Å². The Balaban J connectivity index is 1.58. The van der Waals surface area contributed by atoms with Gasteiger partial charge in [0, 0.05) is 17.1 Å². The van der Waals surface area contributed by atoms with Gasteiger partial charge >= 0.3 is 12.1 Å². The molecule has 1 heterocycles. The lowest BCUT2D eigenvalue weighted by molar-refractivity contribution is -0.196. The molecule has 0 spiro atoms. The van der Waals surface area contributed by atoms with Crippen LogP contribution in [0.4, 0.5) is 4.79 Å². The van der Waals surface area contributed by atoms with Gasteiger partial charge in [-0.1, -0.05) is 0 Å². The molecule has 5 N–H and O–H groups in total. The lowest BCUT2D eigenvalue weighted by Crippen LogP contribution is -2.56. The molecule has 3 rings (SSSR count). The van der Waals surface area contributed by atoms with Gasteiger partial charge in [0.25, 0.3) is 0 Å². The third-order valence-electron chi connectivity index (χ3n) is 7.20. The van der Waals surface area contributed by atoms with Crippen molar-refractivity contribution in [1.82, 2.24) is 10.6 Å². The van der Waals surface area contributed by atoms with Gasteiger partial charge in [-0.3, -0.25) is 10.2 Å². The first kappa shape index (κ1) is 30.7. The van der Waals surface area contributed by atoms with Gasteiger partial charge in [0.2, 0.25) is 5.60 Å². The van der Waals surface area contributed by atoms with E-state index in [1.54, 1.807) is 27.7 Å². The molecule has 10 heteroatoms. The minimum absolute atomic E-state index is 0.138. The number of hydrogen-bond acceptors (Lipinski definition) is 8. The highest BCUT2D eigenvalue weighted by atomic mass is 16.7. The number of amidine groups is 1. The topological polar surface area (TPSA) is 145 Å². The van der Waals surface area contributed by atoms with Gasteiger partial charge in [-0.15, -0.1) is 0 Å². The first-order chi connectivity index (χ1) is 17.9. The molecule has 0 saturated heterocycles. The molecule has 1 aromatic rings. The van der Waals surface area contributed by atoms with Gasteiger partial charge in [0.1, 0.15) is 28.9 Å². The van der Waals surface area contributed by atoms with E-state index in [1.165, 1.54) is 0 Å². The molecule has 1 aliphatic heterocycles. The van der Waals surface area contributed by atoms with E-state index in [0.717, 1.165) is 36.8 Å². The van der Waals surface area contributed by atoms with E-state index in [4.69, 9.17) is 30.4 Å². The Bertz CT molecular complexity index is 1070. The maximum Gasteiger partial charge on any atom is 0.408 e. The van der Waals surface area contributed by atoms with Crippen LogP contribution in [0.1, 0.15) is 98.6 Å². The van der Waals surface area contributed by atoms with Crippen molar-refractivity contribution in [3.8, 4) is 5.75 Å². The SMILES string of the molecule is CC(C)(C)OC(=O)N[C@]1(C)CC[C@@H](NC(=N)c2ccc3c(c2)CC[C@H]([C@](C)(ON)C(=O)OC(C)(C)C)O3)CC1. The van der Waals surface area contributed by atoms with E-state index in [9.17, 15) is 9.59 Å². The largest absolute Gasteiger partial charge is 0.486 e. The standard InChI is InChI=1S/C29H46N4O6/c1-26(2,3)37-24(34)29(8,39-31)22-12-10-18-17-19(9-11-21(18)36-22)23(30)32-20-13-15-28(7,16-14-20)33-25(35)38-27(4,5)6/h9,11,17,20,22H,10,12-16,31H2,1-8H3,(H2,30,32)(H,33,35)/t20-,22-,28-,29+/m1/s1. The number of fused-ring (bicyclic) bond motifs is 1. The highest BCUT2D eigenvalue weighted by Gasteiger charge is 2.48. The minimum atomic E-state index is -1.45. The molecule has 1 aliphatic carbocycles. The summed E-state index contributed by atoms with van der Waals surface area (Å²) in [4.78, 5) is 30.2. The second-order valence-corrected chi connectivity index (χ2v) is 13.2. The predicted molar refractivity (Wildman–Crippen MR) is 149 cm³/mol. The Morgan fingerprint density at radius 3 is 2.21 bits per heavy atom. The van der Waals surface area contributed by atoms with Crippen molar-refractivity contribution in [2.24, 2.45) is 5.90 Å². The second-order valence-electron chi connectivity index (χ2n) is 13.2. The normalized spacial score (nSPS) is 24.8. The van der Waals surface area contributed by atoms with Crippen LogP contribution in [0.2, 0.25) is 0 Å². The maximum absolute atomic E-state index is 12.8. The van der Waals surface area contributed by atoms with Crippen molar-refractivity contribution in [1.29, 1.82) is 5.41 Å². The van der Waals surface area contributed by atoms with E-state index < -0.39 is 35.0 Å². The van der Waals surface area contributed by atoms with E-state index in [2.05, 4.69) is 10.6 Å². The number of ether oxygens (including phenoxy) is 3. The monoisotopic (exact) mass is 546 g/mol. The smallest absolute Gasteiger partial charge is 0.408 e. The summed E-state index contributed by atoms with van der Waals surface area (Å²) in [5, 5.41) is 15.0. The summed E-state index contributed by atoms with van der Waals surface area (Å²) in [6, 6.07) is 5.74. The highest BCUT2D eigenvalue weighted by Crippen LogP contribution is 2.35. The number of esters is 1. The molecule has 0 radical (unpaired) electrons. The van der Waals surface area contributed by atoms with Gasteiger partial charge < -0.3 is 24.8 Å². The fourth-order valence-corrected chi connectivity index (χ4v) is 4.93. The van der Waals surface area contributed by atoms with Crippen molar-refractivity contribution < 1.29 is 28.6 Å². The van der Waals surface area contributed by atoms with Gasteiger partial charge in [-0.2, -0.15) is 0 Å². The van der Waals surface area contributed by atoms with Crippen LogP contribution < -0.4 is 21.3 Å². The third kappa shape index (κ3) is 8.08. The van der Waals surface area contributed by atoms with Crippen molar-refractivity contribution in [2.45, 2.75) is 128 Å². The molecule has 1 fully saturated rings. The van der Waals surface area contributed by atoms with Gasteiger partial charge in [0.15, 0.2) is 0 Å². The van der Waals surface area contributed by atoms with Crippen molar-refractivity contribution in [3.63, 3.8) is 0 Å². The molecule has 0 aromatic heterocycles. The Morgan fingerprint density at radius 1 is 1.03 bits per heavy atom. The summed E-state index contributed by atoms with van der Waals surface area (Å²) in [5.74, 6) is 5.96. The summed E-state index contributed by atoms with van der Waals surface area (Å²) < 4.78 is 17.1. The summed E-state index contributed by atoms with van der Waals surface area (Å²) >= 11 is 0. The zero-order chi connectivity index (χ0) is 29.2. The molecule has 2 aliphatic rings. The number of carbonyl (C=O) groups is 2. The Labute approximate surface area is 232 Å². The van der Waals surface area contributed by atoms with Crippen LogP contribution in [-0.4, -0.2) is 52.4 Å². The minimum Gasteiger partial charge on any atom is -0.486 e. The number of carbonyl (C=O) groups excluding carboxylic acids is 2. The fourth-order valence-electron chi connectivity index (χ4n) is 4.93. The molecule has 1 amide bonds. The molecule has 2 atom stereocenters. The lowest BCUT2D eigenvalue weighted by atomic mass is 9.81. The summed E-state index contributed by atoms with van der Waals surface area (Å²) in [5.41, 5.74) is -1.28. The van der Waals surface area contributed by atoms with Crippen LogP contribution in [0, 0.1) is 5.41 Å². The van der Waals surface area contributed by atoms with Crippen LogP contribution in [0.3, 0.4) is 0 Å². The zero-order valence-corrected chi connectivity index (χ0v) is 24.7. The average molecular weight is 547 g/mol. The highest BCUT2D eigenvalue weighted by molar-refractivity contribution is 5.97. The molecule has 1 saturated carbocycles. The third-order valence-corrected chi connectivity index (χ3v) is 7.20.